The van der Waals surface area contributed by atoms with Gasteiger partial charge in [0.25, 0.3) is 0 Å². The Bertz CT molecular complexity index is 775. The molecule has 0 spiro atoms. The maximum Gasteiger partial charge on any atom is 0.231 e. The van der Waals surface area contributed by atoms with E-state index in [1.807, 2.05) is 30.5 Å². The van der Waals surface area contributed by atoms with E-state index in [9.17, 15) is 9.90 Å². The Balaban J connectivity index is 1.77. The van der Waals surface area contributed by atoms with Gasteiger partial charge in [0.05, 0.1) is 6.42 Å². The van der Waals surface area contributed by atoms with Gasteiger partial charge in [-0.15, -0.1) is 0 Å². The third-order valence-corrected chi connectivity index (χ3v) is 3.59. The van der Waals surface area contributed by atoms with Gasteiger partial charge in [-0.3, -0.25) is 4.79 Å². The normalized spacial score (nSPS) is 10.7. The molecule has 1 heterocycles. The van der Waals surface area contributed by atoms with Crippen molar-refractivity contribution in [2.45, 2.75) is 6.42 Å². The number of carbonyl (C=O) groups excluding carboxylic acids is 1. The second kappa shape index (κ2) is 5.32. The number of fused-ring (bicyclic) bond motifs is 1. The van der Waals surface area contributed by atoms with E-state index in [4.69, 9.17) is 0 Å². The number of H-pyrrole nitrogens is 1. The molecule has 0 bridgehead atoms. The van der Waals surface area contributed by atoms with Crippen LogP contribution < -0.4 is 4.90 Å². The third-order valence-electron chi connectivity index (χ3n) is 3.59. The van der Waals surface area contributed by atoms with Gasteiger partial charge in [0.1, 0.15) is 5.75 Å². The molecule has 1 amide bonds. The summed E-state index contributed by atoms with van der Waals surface area (Å²) in [4.78, 5) is 17.1. The Morgan fingerprint density at radius 1 is 1.14 bits per heavy atom. The van der Waals surface area contributed by atoms with Crippen LogP contribution in [0.3, 0.4) is 0 Å². The maximum atomic E-state index is 12.3. The second-order valence-corrected chi connectivity index (χ2v) is 5.05. The summed E-state index contributed by atoms with van der Waals surface area (Å²) in [5, 5.41) is 10.4. The zero-order valence-electron chi connectivity index (χ0n) is 11.7. The van der Waals surface area contributed by atoms with Gasteiger partial charge in [-0.1, -0.05) is 12.1 Å². The lowest BCUT2D eigenvalue weighted by molar-refractivity contribution is -0.117. The van der Waals surface area contributed by atoms with E-state index in [2.05, 4.69) is 4.98 Å². The number of likely N-dealkylation sites (N-methyl/N-ethyl adjacent to an activating group) is 1. The van der Waals surface area contributed by atoms with Gasteiger partial charge < -0.3 is 15.0 Å². The van der Waals surface area contributed by atoms with Gasteiger partial charge in [-0.2, -0.15) is 0 Å². The molecule has 2 N–H and O–H groups in total. The van der Waals surface area contributed by atoms with E-state index >= 15 is 0 Å². The number of phenolic OH excluding ortho intramolecular Hbond substituents is 1. The summed E-state index contributed by atoms with van der Waals surface area (Å²) >= 11 is 0. The molecule has 1 aromatic heterocycles. The molecule has 21 heavy (non-hydrogen) atoms. The molecule has 0 atom stereocenters. The van der Waals surface area contributed by atoms with Crippen molar-refractivity contribution in [1.29, 1.82) is 0 Å². The Labute approximate surface area is 122 Å². The lowest BCUT2D eigenvalue weighted by Gasteiger charge is -2.17. The molecule has 4 heteroatoms. The predicted octanol–water partition coefficient (Wildman–Crippen LogP) is 3.08. The van der Waals surface area contributed by atoms with Crippen LogP contribution in [0.25, 0.3) is 10.9 Å². The SMILES string of the molecule is CN(C(=O)Cc1ccc2cc[nH]c2c1)c1ccc(O)cc1. The van der Waals surface area contributed by atoms with Crippen molar-refractivity contribution in [3.05, 3.63) is 60.3 Å². The predicted molar refractivity (Wildman–Crippen MR) is 83.5 cm³/mol. The topological polar surface area (TPSA) is 56.3 Å². The molecular formula is C17H16N2O2. The number of nitrogens with one attached hydrogen (secondary N) is 1. The first-order chi connectivity index (χ1) is 10.1. The first-order valence-corrected chi connectivity index (χ1v) is 6.75. The Hall–Kier alpha value is -2.75. The smallest absolute Gasteiger partial charge is 0.231 e. The third kappa shape index (κ3) is 2.74. The Morgan fingerprint density at radius 3 is 2.67 bits per heavy atom. The van der Waals surface area contributed by atoms with E-state index in [0.29, 0.717) is 6.42 Å². The number of anilines is 1. The number of hydrogen-bond donors (Lipinski definition) is 2. The quantitative estimate of drug-likeness (QED) is 0.774. The Morgan fingerprint density at radius 2 is 1.90 bits per heavy atom. The number of aromatic nitrogens is 1. The number of nitrogens with zero attached hydrogens (tertiary/aromatic N) is 1. The van der Waals surface area contributed by atoms with Crippen molar-refractivity contribution >= 4 is 22.5 Å². The number of aromatic amines is 1. The van der Waals surface area contributed by atoms with E-state index in [-0.39, 0.29) is 11.7 Å². The fourth-order valence-corrected chi connectivity index (χ4v) is 2.32. The molecule has 106 valence electrons. The van der Waals surface area contributed by atoms with E-state index in [0.717, 1.165) is 22.2 Å². The van der Waals surface area contributed by atoms with Crippen LogP contribution in [0.15, 0.2) is 54.7 Å². The summed E-state index contributed by atoms with van der Waals surface area (Å²) in [5.74, 6) is 0.198. The lowest BCUT2D eigenvalue weighted by atomic mass is 10.1. The van der Waals surface area contributed by atoms with Crippen molar-refractivity contribution in [2.24, 2.45) is 0 Å². The van der Waals surface area contributed by atoms with Crippen molar-refractivity contribution < 1.29 is 9.90 Å². The van der Waals surface area contributed by atoms with Crippen LogP contribution in [0.4, 0.5) is 5.69 Å². The highest BCUT2D eigenvalue weighted by atomic mass is 16.3. The van der Waals surface area contributed by atoms with Crippen LogP contribution in [-0.2, 0) is 11.2 Å². The number of amides is 1. The summed E-state index contributed by atoms with van der Waals surface area (Å²) in [6.07, 6.45) is 2.23. The molecular weight excluding hydrogens is 264 g/mol. The number of phenols is 1. The van der Waals surface area contributed by atoms with Crippen LogP contribution >= 0.6 is 0 Å². The minimum absolute atomic E-state index is 0.00611. The second-order valence-electron chi connectivity index (χ2n) is 5.05. The highest BCUT2D eigenvalue weighted by Crippen LogP contribution is 2.19. The fraction of sp³-hybridized carbons (Fsp3) is 0.118. The van der Waals surface area contributed by atoms with Gasteiger partial charge in [-0.05, 0) is 47.3 Å². The molecule has 4 nitrogen and oxygen atoms in total. The zero-order valence-corrected chi connectivity index (χ0v) is 11.7. The standard InChI is InChI=1S/C17H16N2O2/c1-19(14-4-6-15(20)7-5-14)17(21)11-12-2-3-13-8-9-18-16(13)10-12/h2-10,18,20H,11H2,1H3. The Kier molecular flexibility index (Phi) is 3.36. The fourth-order valence-electron chi connectivity index (χ4n) is 2.32. The van der Waals surface area contributed by atoms with Crippen LogP contribution in [0, 0.1) is 0 Å². The number of rotatable bonds is 3. The molecule has 3 aromatic rings. The van der Waals surface area contributed by atoms with Crippen LogP contribution in [-0.4, -0.2) is 23.0 Å². The van der Waals surface area contributed by atoms with Crippen molar-refractivity contribution in [2.75, 3.05) is 11.9 Å². The summed E-state index contributed by atoms with van der Waals surface area (Å²) in [7, 11) is 1.74. The molecule has 0 saturated carbocycles. The molecule has 0 radical (unpaired) electrons. The zero-order chi connectivity index (χ0) is 14.8. The van der Waals surface area contributed by atoms with Crippen LogP contribution in [0.2, 0.25) is 0 Å². The van der Waals surface area contributed by atoms with Gasteiger partial charge in [0.2, 0.25) is 5.91 Å². The number of benzene rings is 2. The minimum atomic E-state index is 0.00611. The van der Waals surface area contributed by atoms with Gasteiger partial charge in [-0.25, -0.2) is 0 Å². The molecule has 0 aliphatic carbocycles. The first kappa shape index (κ1) is 13.2. The van der Waals surface area contributed by atoms with Gasteiger partial charge >= 0.3 is 0 Å². The van der Waals surface area contributed by atoms with Crippen LogP contribution in [0.5, 0.6) is 5.75 Å². The highest BCUT2D eigenvalue weighted by Gasteiger charge is 2.12. The summed E-state index contributed by atoms with van der Waals surface area (Å²) in [6.45, 7) is 0. The van der Waals surface area contributed by atoms with Gasteiger partial charge in [0, 0.05) is 24.4 Å². The number of hydrogen-bond acceptors (Lipinski definition) is 2. The molecule has 0 saturated heterocycles. The summed E-state index contributed by atoms with van der Waals surface area (Å²) < 4.78 is 0. The average molecular weight is 280 g/mol. The average Bonchev–Trinajstić information content (AvgIpc) is 2.95. The molecule has 0 aliphatic rings. The van der Waals surface area contributed by atoms with Crippen molar-refractivity contribution in [3.63, 3.8) is 0 Å². The monoisotopic (exact) mass is 280 g/mol. The highest BCUT2D eigenvalue weighted by molar-refractivity contribution is 5.94. The number of aromatic hydroxyl groups is 1. The summed E-state index contributed by atoms with van der Waals surface area (Å²) in [6, 6.07) is 14.6. The molecule has 2 aromatic carbocycles. The van der Waals surface area contributed by atoms with E-state index < -0.39 is 0 Å². The molecule has 0 aliphatic heterocycles. The van der Waals surface area contributed by atoms with Crippen molar-refractivity contribution in [3.8, 4) is 5.75 Å². The molecule has 0 unspecified atom stereocenters. The molecule has 3 rings (SSSR count). The first-order valence-electron chi connectivity index (χ1n) is 6.75. The van der Waals surface area contributed by atoms with E-state index in [1.54, 1.807) is 36.2 Å². The largest absolute Gasteiger partial charge is 0.508 e. The minimum Gasteiger partial charge on any atom is -0.508 e. The van der Waals surface area contributed by atoms with Crippen molar-refractivity contribution in [1.82, 2.24) is 4.98 Å². The number of carbonyl (C=O) groups is 1. The maximum absolute atomic E-state index is 12.3. The summed E-state index contributed by atoms with van der Waals surface area (Å²) in [5.41, 5.74) is 2.77. The molecule has 0 fully saturated rings. The van der Waals surface area contributed by atoms with E-state index in [1.165, 1.54) is 0 Å². The van der Waals surface area contributed by atoms with Crippen LogP contribution in [0.1, 0.15) is 5.56 Å². The van der Waals surface area contributed by atoms with Gasteiger partial charge in [0.15, 0.2) is 0 Å². The lowest BCUT2D eigenvalue weighted by Crippen LogP contribution is -2.27.